The van der Waals surface area contributed by atoms with E-state index in [9.17, 15) is 0 Å². The zero-order valence-electron chi connectivity index (χ0n) is 34.7. The third kappa shape index (κ3) is 6.46. The summed E-state index contributed by atoms with van der Waals surface area (Å²) in [7, 11) is 0. The van der Waals surface area contributed by atoms with Gasteiger partial charge in [-0.2, -0.15) is 9.97 Å². The second-order valence-electron chi connectivity index (χ2n) is 15.6. The Morgan fingerprint density at radius 3 is 1.51 bits per heavy atom. The molecular formula is C58H41N5. The molecule has 0 saturated carbocycles. The van der Waals surface area contributed by atoms with Crippen molar-refractivity contribution in [2.24, 2.45) is 0 Å². The van der Waals surface area contributed by atoms with Crippen molar-refractivity contribution in [3.05, 3.63) is 230 Å². The van der Waals surface area contributed by atoms with Crippen LogP contribution in [-0.2, 0) is 0 Å². The summed E-state index contributed by atoms with van der Waals surface area (Å²) in [6.45, 7) is 6.24. The Morgan fingerprint density at radius 2 is 0.921 bits per heavy atom. The Labute approximate surface area is 366 Å². The van der Waals surface area contributed by atoms with Crippen LogP contribution in [0.15, 0.2) is 219 Å². The second kappa shape index (κ2) is 15.9. The van der Waals surface area contributed by atoms with Crippen LogP contribution < -0.4 is 0 Å². The monoisotopic (exact) mass is 807 g/mol. The summed E-state index contributed by atoms with van der Waals surface area (Å²) in [4.78, 5) is 16.2. The molecule has 0 unspecified atom stereocenters. The Balaban J connectivity index is 1.25. The Hall–Kier alpha value is -8.41. The Bertz CT molecular complexity index is 3420. The summed E-state index contributed by atoms with van der Waals surface area (Å²) in [6.07, 6.45) is 6.04. The first-order valence-electron chi connectivity index (χ1n) is 21.2. The van der Waals surface area contributed by atoms with Gasteiger partial charge in [0.25, 0.3) is 0 Å². The maximum absolute atomic E-state index is 5.45. The van der Waals surface area contributed by atoms with Gasteiger partial charge in [-0.1, -0.05) is 207 Å². The lowest BCUT2D eigenvalue weighted by atomic mass is 9.98. The zero-order valence-corrected chi connectivity index (χ0v) is 34.7. The highest BCUT2D eigenvalue weighted by molar-refractivity contribution is 6.22. The molecule has 0 N–H and O–H groups in total. The molecule has 11 aromatic rings. The summed E-state index contributed by atoms with van der Waals surface area (Å²) in [5.41, 5.74) is 14.9. The fourth-order valence-corrected chi connectivity index (χ4v) is 9.20. The standard InChI is InChI=1S/C58H41N5/c1-3-4-28-43-39(2)62(51-35-20-18-31-46(51)42-26-12-7-13-27-42)55-47(43)37-38-53-54(55)50-34-19-21-36-52(50)63(53)58-60-56(48-32-16-14-29-44(48)40-22-8-5-9-23-40)59-57(61-58)49-33-17-15-30-45(49)41-24-10-6-11-25-41/h3-38H,1H2,2H3/b28-4-. The summed E-state index contributed by atoms with van der Waals surface area (Å²) in [5, 5.41) is 3.37. The predicted molar refractivity (Wildman–Crippen MR) is 262 cm³/mol. The van der Waals surface area contributed by atoms with Gasteiger partial charge in [-0.25, -0.2) is 4.98 Å². The van der Waals surface area contributed by atoms with Crippen molar-refractivity contribution in [3.63, 3.8) is 0 Å². The molecule has 5 nitrogen and oxygen atoms in total. The normalized spacial score (nSPS) is 11.6. The molecule has 63 heavy (non-hydrogen) atoms. The van der Waals surface area contributed by atoms with Crippen LogP contribution in [0.5, 0.6) is 0 Å². The van der Waals surface area contributed by atoms with Crippen LogP contribution in [-0.4, -0.2) is 24.1 Å². The molecule has 298 valence electrons. The highest BCUT2D eigenvalue weighted by Crippen LogP contribution is 2.43. The van der Waals surface area contributed by atoms with Crippen molar-refractivity contribution in [1.82, 2.24) is 24.1 Å². The fraction of sp³-hybridized carbons (Fsp3) is 0.0172. The van der Waals surface area contributed by atoms with Gasteiger partial charge in [0.1, 0.15) is 0 Å². The third-order valence-electron chi connectivity index (χ3n) is 12.0. The van der Waals surface area contributed by atoms with Gasteiger partial charge in [0.05, 0.1) is 22.2 Å². The SMILES string of the molecule is C=C/C=C\c1c(C)n(-c2ccccc2-c2ccccc2)c2c1ccc1c2c2ccccc2n1-c1nc(-c2ccccc2-c2ccccc2)nc(-c2ccccc2-c2ccccc2)n1. The topological polar surface area (TPSA) is 48.5 Å². The van der Waals surface area contributed by atoms with Crippen molar-refractivity contribution in [1.29, 1.82) is 0 Å². The summed E-state index contributed by atoms with van der Waals surface area (Å²) >= 11 is 0. The van der Waals surface area contributed by atoms with E-state index in [2.05, 4.69) is 217 Å². The minimum absolute atomic E-state index is 0.539. The lowest BCUT2D eigenvalue weighted by Crippen LogP contribution is -2.07. The molecule has 0 saturated heterocycles. The van der Waals surface area contributed by atoms with E-state index in [4.69, 9.17) is 15.0 Å². The summed E-state index contributed by atoms with van der Waals surface area (Å²) in [6, 6.07) is 70.1. The molecule has 0 amide bonds. The van der Waals surface area contributed by atoms with Gasteiger partial charge < -0.3 is 4.57 Å². The van der Waals surface area contributed by atoms with E-state index in [0.717, 1.165) is 94.2 Å². The molecule has 8 aromatic carbocycles. The first-order chi connectivity index (χ1) is 31.2. The fourth-order valence-electron chi connectivity index (χ4n) is 9.20. The Kier molecular flexibility index (Phi) is 9.48. The maximum Gasteiger partial charge on any atom is 0.238 e. The van der Waals surface area contributed by atoms with E-state index in [1.807, 2.05) is 24.3 Å². The molecule has 0 bridgehead atoms. The van der Waals surface area contributed by atoms with Gasteiger partial charge in [0.15, 0.2) is 11.6 Å². The molecule has 0 spiro atoms. The molecule has 0 atom stereocenters. The number of hydrogen-bond donors (Lipinski definition) is 0. The van der Waals surface area contributed by atoms with Crippen LogP contribution in [0.25, 0.3) is 107 Å². The van der Waals surface area contributed by atoms with Gasteiger partial charge in [-0.15, -0.1) is 0 Å². The number of para-hydroxylation sites is 2. The largest absolute Gasteiger partial charge is 0.312 e. The average Bonchev–Trinajstić information content (AvgIpc) is 3.84. The number of benzene rings is 8. The minimum Gasteiger partial charge on any atom is -0.312 e. The highest BCUT2D eigenvalue weighted by atomic mass is 15.2. The lowest BCUT2D eigenvalue weighted by Gasteiger charge is -2.16. The smallest absolute Gasteiger partial charge is 0.238 e. The maximum atomic E-state index is 5.45. The van der Waals surface area contributed by atoms with Gasteiger partial charge in [-0.05, 0) is 52.9 Å². The first-order valence-corrected chi connectivity index (χ1v) is 21.2. The van der Waals surface area contributed by atoms with E-state index in [0.29, 0.717) is 17.6 Å². The number of fused-ring (bicyclic) bond motifs is 5. The molecule has 3 heterocycles. The van der Waals surface area contributed by atoms with Crippen LogP contribution in [0.3, 0.4) is 0 Å². The second-order valence-corrected chi connectivity index (χ2v) is 15.6. The van der Waals surface area contributed by atoms with E-state index in [-0.39, 0.29) is 0 Å². The van der Waals surface area contributed by atoms with E-state index in [1.54, 1.807) is 0 Å². The van der Waals surface area contributed by atoms with Gasteiger partial charge in [0.2, 0.25) is 5.95 Å². The lowest BCUT2D eigenvalue weighted by molar-refractivity contribution is 0.954. The molecule has 3 aromatic heterocycles. The summed E-state index contributed by atoms with van der Waals surface area (Å²) < 4.78 is 4.67. The molecular weight excluding hydrogens is 767 g/mol. The van der Waals surface area contributed by atoms with Gasteiger partial charge in [0, 0.05) is 44.1 Å². The van der Waals surface area contributed by atoms with Crippen LogP contribution >= 0.6 is 0 Å². The van der Waals surface area contributed by atoms with E-state index >= 15 is 0 Å². The van der Waals surface area contributed by atoms with Crippen molar-refractivity contribution >= 4 is 38.8 Å². The van der Waals surface area contributed by atoms with Crippen LogP contribution in [0.2, 0.25) is 0 Å². The molecule has 11 rings (SSSR count). The quantitative estimate of drug-likeness (QED) is 0.137. The summed E-state index contributed by atoms with van der Waals surface area (Å²) in [5.74, 6) is 1.73. The molecule has 0 aliphatic rings. The number of allylic oxidation sites excluding steroid dienone is 2. The average molecular weight is 808 g/mol. The number of hydrogen-bond acceptors (Lipinski definition) is 3. The molecule has 0 fully saturated rings. The van der Waals surface area contributed by atoms with Crippen molar-refractivity contribution in [3.8, 4) is 67.8 Å². The predicted octanol–water partition coefficient (Wildman–Crippen LogP) is 14.8. The van der Waals surface area contributed by atoms with Crippen molar-refractivity contribution < 1.29 is 0 Å². The molecule has 0 aliphatic heterocycles. The highest BCUT2D eigenvalue weighted by Gasteiger charge is 2.25. The molecule has 5 heteroatoms. The van der Waals surface area contributed by atoms with Gasteiger partial charge in [-0.3, -0.25) is 4.57 Å². The first kappa shape index (κ1) is 37.6. The van der Waals surface area contributed by atoms with Crippen molar-refractivity contribution in [2.45, 2.75) is 6.92 Å². The molecule has 0 aliphatic carbocycles. The van der Waals surface area contributed by atoms with Crippen LogP contribution in [0, 0.1) is 6.92 Å². The third-order valence-corrected chi connectivity index (χ3v) is 12.0. The van der Waals surface area contributed by atoms with Crippen LogP contribution in [0.1, 0.15) is 11.3 Å². The van der Waals surface area contributed by atoms with Gasteiger partial charge >= 0.3 is 0 Å². The van der Waals surface area contributed by atoms with E-state index in [1.165, 1.54) is 0 Å². The Morgan fingerprint density at radius 1 is 0.429 bits per heavy atom. The zero-order chi connectivity index (χ0) is 42.3. The number of rotatable bonds is 9. The minimum atomic E-state index is 0.539. The number of aromatic nitrogens is 5. The molecule has 0 radical (unpaired) electrons. The van der Waals surface area contributed by atoms with E-state index < -0.39 is 0 Å². The number of nitrogens with zero attached hydrogens (tertiary/aromatic N) is 5. The van der Waals surface area contributed by atoms with Crippen molar-refractivity contribution in [2.75, 3.05) is 0 Å². The van der Waals surface area contributed by atoms with Crippen LogP contribution in [0.4, 0.5) is 0 Å².